The van der Waals surface area contributed by atoms with Gasteiger partial charge in [0, 0.05) is 23.9 Å². The molecule has 1 amide bonds. The number of hydrogen-bond acceptors (Lipinski definition) is 1. The third-order valence-electron chi connectivity index (χ3n) is 1.85. The molecule has 0 radical (unpaired) electrons. The van der Waals surface area contributed by atoms with E-state index in [1.54, 1.807) is 0 Å². The normalized spacial score (nSPS) is 11.9. The molecule has 0 saturated heterocycles. The standard InChI is InChI=1S/C10H20ClNO/c1-8(2)12(7-6-11)9(13)10(3,4)5/h8H,6-7H2,1-5H3. The largest absolute Gasteiger partial charge is 0.339 e. The van der Waals surface area contributed by atoms with Crippen molar-refractivity contribution in [3.63, 3.8) is 0 Å². The maximum Gasteiger partial charge on any atom is 0.228 e. The molecular formula is C10H20ClNO. The third kappa shape index (κ3) is 3.99. The van der Waals surface area contributed by atoms with E-state index in [0.717, 1.165) is 0 Å². The van der Waals surface area contributed by atoms with E-state index in [-0.39, 0.29) is 17.4 Å². The van der Waals surface area contributed by atoms with Gasteiger partial charge in [0.1, 0.15) is 0 Å². The highest BCUT2D eigenvalue weighted by atomic mass is 35.5. The molecule has 0 aliphatic heterocycles. The van der Waals surface area contributed by atoms with E-state index >= 15 is 0 Å². The van der Waals surface area contributed by atoms with E-state index in [1.807, 2.05) is 39.5 Å². The van der Waals surface area contributed by atoms with E-state index < -0.39 is 0 Å². The summed E-state index contributed by atoms with van der Waals surface area (Å²) >= 11 is 5.64. The van der Waals surface area contributed by atoms with E-state index in [1.165, 1.54) is 0 Å². The van der Waals surface area contributed by atoms with Crippen LogP contribution in [0, 0.1) is 5.41 Å². The van der Waals surface area contributed by atoms with Crippen molar-refractivity contribution in [1.82, 2.24) is 4.90 Å². The van der Waals surface area contributed by atoms with Crippen molar-refractivity contribution in [3.05, 3.63) is 0 Å². The highest BCUT2D eigenvalue weighted by Gasteiger charge is 2.28. The van der Waals surface area contributed by atoms with Crippen molar-refractivity contribution in [3.8, 4) is 0 Å². The average Bonchev–Trinajstić information content (AvgIpc) is 1.96. The summed E-state index contributed by atoms with van der Waals surface area (Å²) in [6.45, 7) is 10.4. The van der Waals surface area contributed by atoms with Crippen LogP contribution in [0.3, 0.4) is 0 Å². The molecule has 2 nitrogen and oxygen atoms in total. The molecule has 0 aromatic carbocycles. The lowest BCUT2D eigenvalue weighted by molar-refractivity contribution is -0.140. The van der Waals surface area contributed by atoms with Gasteiger partial charge in [-0.15, -0.1) is 11.6 Å². The van der Waals surface area contributed by atoms with Gasteiger partial charge in [0.2, 0.25) is 5.91 Å². The van der Waals surface area contributed by atoms with Gasteiger partial charge in [-0.05, 0) is 13.8 Å². The second kappa shape index (κ2) is 4.85. The molecule has 0 N–H and O–H groups in total. The van der Waals surface area contributed by atoms with E-state index in [2.05, 4.69) is 0 Å². The molecule has 3 heteroatoms. The van der Waals surface area contributed by atoms with Crippen LogP contribution in [0.2, 0.25) is 0 Å². The Morgan fingerprint density at radius 2 is 1.85 bits per heavy atom. The van der Waals surface area contributed by atoms with Gasteiger partial charge in [-0.2, -0.15) is 0 Å². The van der Waals surface area contributed by atoms with Crippen LogP contribution in [0.5, 0.6) is 0 Å². The second-order valence-electron chi connectivity index (χ2n) is 4.53. The van der Waals surface area contributed by atoms with Crippen LogP contribution >= 0.6 is 11.6 Å². The zero-order chi connectivity index (χ0) is 10.6. The first kappa shape index (κ1) is 12.8. The number of alkyl halides is 1. The molecule has 0 aromatic rings. The molecule has 0 heterocycles. The topological polar surface area (TPSA) is 20.3 Å². The van der Waals surface area contributed by atoms with Crippen molar-refractivity contribution in [2.24, 2.45) is 5.41 Å². The monoisotopic (exact) mass is 205 g/mol. The van der Waals surface area contributed by atoms with Gasteiger partial charge in [-0.25, -0.2) is 0 Å². The lowest BCUT2D eigenvalue weighted by Crippen LogP contribution is -2.44. The molecule has 0 atom stereocenters. The molecule has 0 bridgehead atoms. The number of carbonyl (C=O) groups excluding carboxylic acids is 1. The van der Waals surface area contributed by atoms with E-state index in [9.17, 15) is 4.79 Å². The molecule has 0 fully saturated rings. The summed E-state index contributed by atoms with van der Waals surface area (Å²) in [6.07, 6.45) is 0. The van der Waals surface area contributed by atoms with Crippen LogP contribution in [-0.4, -0.2) is 29.3 Å². The maximum absolute atomic E-state index is 11.9. The van der Waals surface area contributed by atoms with Gasteiger partial charge >= 0.3 is 0 Å². The molecule has 0 spiro atoms. The Morgan fingerprint density at radius 1 is 1.38 bits per heavy atom. The summed E-state index contributed by atoms with van der Waals surface area (Å²) in [5.74, 6) is 0.670. The Hall–Kier alpha value is -0.240. The maximum atomic E-state index is 11.9. The minimum Gasteiger partial charge on any atom is -0.339 e. The third-order valence-corrected chi connectivity index (χ3v) is 2.02. The first-order chi connectivity index (χ1) is 5.80. The molecule has 0 rings (SSSR count). The van der Waals surface area contributed by atoms with Gasteiger partial charge in [0.15, 0.2) is 0 Å². The van der Waals surface area contributed by atoms with E-state index in [4.69, 9.17) is 11.6 Å². The summed E-state index contributed by atoms with van der Waals surface area (Å²) < 4.78 is 0. The number of hydrogen-bond donors (Lipinski definition) is 0. The smallest absolute Gasteiger partial charge is 0.228 e. The van der Waals surface area contributed by atoms with Crippen LogP contribution in [0.25, 0.3) is 0 Å². The van der Waals surface area contributed by atoms with Gasteiger partial charge in [-0.3, -0.25) is 4.79 Å². The molecule has 0 aliphatic carbocycles. The quantitative estimate of drug-likeness (QED) is 0.649. The first-order valence-electron chi connectivity index (χ1n) is 4.67. The summed E-state index contributed by atoms with van der Waals surface area (Å²) in [7, 11) is 0. The fraction of sp³-hybridized carbons (Fsp3) is 0.900. The molecule has 13 heavy (non-hydrogen) atoms. The predicted molar refractivity (Wildman–Crippen MR) is 57.0 cm³/mol. The molecule has 0 saturated carbocycles. The number of halogens is 1. The van der Waals surface area contributed by atoms with Crippen molar-refractivity contribution in [2.75, 3.05) is 12.4 Å². The van der Waals surface area contributed by atoms with Gasteiger partial charge < -0.3 is 4.90 Å². The summed E-state index contributed by atoms with van der Waals surface area (Å²) in [5.41, 5.74) is -0.309. The first-order valence-corrected chi connectivity index (χ1v) is 5.21. The van der Waals surface area contributed by atoms with Gasteiger partial charge in [0.25, 0.3) is 0 Å². The zero-order valence-corrected chi connectivity index (χ0v) is 9.98. The predicted octanol–water partition coefficient (Wildman–Crippen LogP) is 2.51. The summed E-state index contributed by atoms with van der Waals surface area (Å²) in [4.78, 5) is 13.7. The molecule has 0 aromatic heterocycles. The SMILES string of the molecule is CC(C)N(CCCl)C(=O)C(C)(C)C. The number of amides is 1. The number of carbonyl (C=O) groups is 1. The molecule has 0 unspecified atom stereocenters. The van der Waals surface area contributed by atoms with Gasteiger partial charge in [0.05, 0.1) is 0 Å². The Morgan fingerprint density at radius 3 is 2.08 bits per heavy atom. The van der Waals surface area contributed by atoms with Crippen LogP contribution in [0.1, 0.15) is 34.6 Å². The lowest BCUT2D eigenvalue weighted by atomic mass is 9.94. The van der Waals surface area contributed by atoms with Crippen LogP contribution in [-0.2, 0) is 4.79 Å². The zero-order valence-electron chi connectivity index (χ0n) is 9.22. The fourth-order valence-corrected chi connectivity index (χ4v) is 1.30. The Labute approximate surface area is 86.2 Å². The van der Waals surface area contributed by atoms with Crippen LogP contribution in [0.4, 0.5) is 0 Å². The minimum atomic E-state index is -0.309. The highest BCUT2D eigenvalue weighted by molar-refractivity contribution is 6.18. The van der Waals surface area contributed by atoms with Crippen molar-refractivity contribution in [1.29, 1.82) is 0 Å². The van der Waals surface area contributed by atoms with E-state index in [0.29, 0.717) is 12.4 Å². The van der Waals surface area contributed by atoms with Crippen molar-refractivity contribution < 1.29 is 4.79 Å². The average molecular weight is 206 g/mol. The lowest BCUT2D eigenvalue weighted by Gasteiger charge is -2.32. The summed E-state index contributed by atoms with van der Waals surface area (Å²) in [5, 5.41) is 0. The fourth-order valence-electron chi connectivity index (χ4n) is 1.12. The van der Waals surface area contributed by atoms with Crippen molar-refractivity contribution >= 4 is 17.5 Å². The highest BCUT2D eigenvalue weighted by Crippen LogP contribution is 2.18. The Kier molecular flexibility index (Phi) is 4.76. The Bertz CT molecular complexity index is 172. The Balaban J connectivity index is 4.47. The summed E-state index contributed by atoms with van der Waals surface area (Å²) in [6, 6.07) is 0.227. The molecule has 0 aliphatic rings. The van der Waals surface area contributed by atoms with Crippen LogP contribution in [0.15, 0.2) is 0 Å². The number of rotatable bonds is 3. The van der Waals surface area contributed by atoms with Crippen molar-refractivity contribution in [2.45, 2.75) is 40.7 Å². The van der Waals surface area contributed by atoms with Crippen LogP contribution < -0.4 is 0 Å². The molecule has 78 valence electrons. The van der Waals surface area contributed by atoms with Gasteiger partial charge in [-0.1, -0.05) is 20.8 Å². The second-order valence-corrected chi connectivity index (χ2v) is 4.91. The minimum absolute atomic E-state index is 0.170. The molecular weight excluding hydrogens is 186 g/mol. The number of nitrogens with zero attached hydrogens (tertiary/aromatic N) is 1.